The number of ether oxygens (including phenoxy) is 1. The summed E-state index contributed by atoms with van der Waals surface area (Å²) in [6.07, 6.45) is 6.11. The molecule has 0 spiro atoms. The lowest BCUT2D eigenvalue weighted by molar-refractivity contribution is 0.287. The summed E-state index contributed by atoms with van der Waals surface area (Å²) >= 11 is 5.49. The fraction of sp³-hybridized carbons (Fsp3) is 0.267. The first-order chi connectivity index (χ1) is 9.79. The number of hydrogen-bond donors (Lipinski definition) is 0. The van der Waals surface area contributed by atoms with Crippen LogP contribution in [0.25, 0.3) is 0 Å². The minimum atomic E-state index is -0.385. The quantitative estimate of drug-likeness (QED) is 0.481. The molecule has 1 aromatic carbocycles. The van der Waals surface area contributed by atoms with Gasteiger partial charge in [-0.25, -0.2) is 9.37 Å². The molecule has 5 heteroatoms. The zero-order valence-corrected chi connectivity index (χ0v) is 11.6. The lowest BCUT2D eigenvalue weighted by Gasteiger charge is -2.08. The maximum atomic E-state index is 13.6. The minimum Gasteiger partial charge on any atom is -0.490 e. The maximum Gasteiger partial charge on any atom is 0.165 e. The van der Waals surface area contributed by atoms with Crippen LogP contribution in [-0.4, -0.2) is 22.0 Å². The van der Waals surface area contributed by atoms with Gasteiger partial charge in [0.05, 0.1) is 18.8 Å². The number of alkyl halides is 1. The molecule has 0 aliphatic heterocycles. The van der Waals surface area contributed by atoms with Crippen LogP contribution in [0.2, 0.25) is 0 Å². The van der Waals surface area contributed by atoms with Crippen molar-refractivity contribution in [3.05, 3.63) is 48.3 Å². The van der Waals surface area contributed by atoms with Gasteiger partial charge in [0.25, 0.3) is 0 Å². The van der Waals surface area contributed by atoms with Crippen molar-refractivity contribution in [1.82, 2.24) is 9.55 Å². The van der Waals surface area contributed by atoms with E-state index in [1.807, 2.05) is 10.8 Å². The summed E-state index contributed by atoms with van der Waals surface area (Å²) < 4.78 is 21.0. The Hall–Kier alpha value is -1.99. The predicted octanol–water partition coefficient (Wildman–Crippen LogP) is 3.08. The highest BCUT2D eigenvalue weighted by Crippen LogP contribution is 2.18. The molecular formula is C15H14ClFN2O. The number of aryl methyl sites for hydroxylation is 1. The summed E-state index contributed by atoms with van der Waals surface area (Å²) in [4.78, 5) is 3.95. The van der Waals surface area contributed by atoms with Crippen LogP contribution in [-0.2, 0) is 6.54 Å². The fourth-order valence-corrected chi connectivity index (χ4v) is 1.74. The van der Waals surface area contributed by atoms with E-state index < -0.39 is 0 Å². The molecule has 0 unspecified atom stereocenters. The largest absolute Gasteiger partial charge is 0.490 e. The minimum absolute atomic E-state index is 0.219. The number of halogens is 2. The summed E-state index contributed by atoms with van der Waals surface area (Å²) in [5.74, 6) is 5.64. The van der Waals surface area contributed by atoms with Crippen LogP contribution in [0.3, 0.4) is 0 Å². The molecule has 0 bridgehead atoms. The van der Waals surface area contributed by atoms with E-state index in [0.29, 0.717) is 12.2 Å². The van der Waals surface area contributed by atoms with Crippen LogP contribution in [0.1, 0.15) is 12.0 Å². The number of hydrogen-bond acceptors (Lipinski definition) is 2. The second-order valence-electron chi connectivity index (χ2n) is 4.08. The van der Waals surface area contributed by atoms with Gasteiger partial charge in [-0.3, -0.25) is 0 Å². The third-order valence-corrected chi connectivity index (χ3v) is 2.74. The molecule has 3 nitrogen and oxygen atoms in total. The molecule has 0 saturated carbocycles. The molecule has 0 saturated heterocycles. The van der Waals surface area contributed by atoms with Crippen molar-refractivity contribution in [3.63, 3.8) is 0 Å². The van der Waals surface area contributed by atoms with Crippen LogP contribution >= 0.6 is 11.6 Å². The molecule has 20 heavy (non-hydrogen) atoms. The Bertz CT molecular complexity index is 602. The molecule has 0 radical (unpaired) electrons. The normalized spacial score (nSPS) is 9.90. The van der Waals surface area contributed by atoms with E-state index in [4.69, 9.17) is 16.3 Å². The van der Waals surface area contributed by atoms with E-state index in [0.717, 1.165) is 13.0 Å². The van der Waals surface area contributed by atoms with Crippen molar-refractivity contribution < 1.29 is 9.13 Å². The van der Waals surface area contributed by atoms with Gasteiger partial charge in [-0.15, -0.1) is 11.6 Å². The lowest BCUT2D eigenvalue weighted by atomic mass is 10.2. The van der Waals surface area contributed by atoms with Gasteiger partial charge in [0.2, 0.25) is 0 Å². The Labute approximate surface area is 122 Å². The molecule has 2 aromatic rings. The van der Waals surface area contributed by atoms with Crippen LogP contribution < -0.4 is 4.74 Å². The van der Waals surface area contributed by atoms with E-state index in [-0.39, 0.29) is 17.4 Å². The zero-order chi connectivity index (χ0) is 14.2. The number of aromatic nitrogens is 2. The topological polar surface area (TPSA) is 27.1 Å². The number of benzene rings is 1. The smallest absolute Gasteiger partial charge is 0.165 e. The van der Waals surface area contributed by atoms with E-state index >= 15 is 0 Å². The molecule has 0 fully saturated rings. The monoisotopic (exact) mass is 292 g/mol. The second-order valence-corrected chi connectivity index (χ2v) is 4.35. The van der Waals surface area contributed by atoms with E-state index in [1.165, 1.54) is 6.07 Å². The molecule has 0 amide bonds. The summed E-state index contributed by atoms with van der Waals surface area (Å²) in [6, 6.07) is 4.54. The molecular weight excluding hydrogens is 279 g/mol. The van der Waals surface area contributed by atoms with Crippen molar-refractivity contribution >= 4 is 11.6 Å². The van der Waals surface area contributed by atoms with Gasteiger partial charge in [0, 0.05) is 24.5 Å². The highest BCUT2D eigenvalue weighted by molar-refractivity contribution is 6.19. The van der Waals surface area contributed by atoms with Crippen molar-refractivity contribution in [1.29, 1.82) is 0 Å². The molecule has 0 aliphatic carbocycles. The molecule has 104 valence electrons. The van der Waals surface area contributed by atoms with Crippen LogP contribution in [0.5, 0.6) is 5.75 Å². The zero-order valence-electron chi connectivity index (χ0n) is 10.9. The third-order valence-electron chi connectivity index (χ3n) is 2.61. The van der Waals surface area contributed by atoms with Crippen molar-refractivity contribution in [2.75, 3.05) is 12.5 Å². The number of nitrogens with zero attached hydrogens (tertiary/aromatic N) is 2. The Morgan fingerprint density at radius 1 is 1.40 bits per heavy atom. The molecule has 0 aliphatic rings. The van der Waals surface area contributed by atoms with Gasteiger partial charge >= 0.3 is 0 Å². The highest BCUT2D eigenvalue weighted by Gasteiger charge is 2.04. The standard InChI is InChI=1S/C15H14ClFN2O/c16-6-1-3-13-4-5-14(17)15(11-13)20-10-2-8-19-9-7-18-12-19/h4-5,7,9,11-12H,2,6,8,10H2. The lowest BCUT2D eigenvalue weighted by Crippen LogP contribution is -2.04. The van der Waals surface area contributed by atoms with Crippen molar-refractivity contribution in [2.45, 2.75) is 13.0 Å². The molecule has 0 atom stereocenters. The molecule has 1 aromatic heterocycles. The predicted molar refractivity (Wildman–Crippen MR) is 76.3 cm³/mol. The van der Waals surface area contributed by atoms with Gasteiger partial charge in [-0.1, -0.05) is 11.8 Å². The average Bonchev–Trinajstić information content (AvgIpc) is 2.97. The van der Waals surface area contributed by atoms with Crippen LogP contribution in [0.15, 0.2) is 36.9 Å². The summed E-state index contributed by atoms with van der Waals surface area (Å²) in [5.41, 5.74) is 0.691. The van der Waals surface area contributed by atoms with Gasteiger partial charge in [0.15, 0.2) is 11.6 Å². The fourth-order valence-electron chi connectivity index (χ4n) is 1.68. The molecule has 0 N–H and O–H groups in total. The first-order valence-electron chi connectivity index (χ1n) is 6.22. The highest BCUT2D eigenvalue weighted by atomic mass is 35.5. The average molecular weight is 293 g/mol. The first-order valence-corrected chi connectivity index (χ1v) is 6.76. The maximum absolute atomic E-state index is 13.6. The van der Waals surface area contributed by atoms with Crippen LogP contribution in [0, 0.1) is 17.7 Å². The number of rotatable bonds is 5. The summed E-state index contributed by atoms with van der Waals surface area (Å²) in [6.45, 7) is 1.22. The Balaban J connectivity index is 1.88. The summed E-state index contributed by atoms with van der Waals surface area (Å²) in [7, 11) is 0. The van der Waals surface area contributed by atoms with Gasteiger partial charge in [-0.2, -0.15) is 0 Å². The van der Waals surface area contributed by atoms with Gasteiger partial charge < -0.3 is 9.30 Å². The first kappa shape index (κ1) is 14.4. The number of imidazole rings is 1. The Morgan fingerprint density at radius 2 is 2.30 bits per heavy atom. The van der Waals surface area contributed by atoms with E-state index in [1.54, 1.807) is 24.7 Å². The van der Waals surface area contributed by atoms with Gasteiger partial charge in [-0.05, 0) is 24.6 Å². The second kappa shape index (κ2) is 7.56. The van der Waals surface area contributed by atoms with E-state index in [2.05, 4.69) is 16.8 Å². The molecule has 2 rings (SSSR count). The van der Waals surface area contributed by atoms with Gasteiger partial charge in [0.1, 0.15) is 0 Å². The SMILES string of the molecule is Fc1ccc(C#CCCl)cc1OCCCn1ccnc1. The van der Waals surface area contributed by atoms with E-state index in [9.17, 15) is 4.39 Å². The molecule has 1 heterocycles. The van der Waals surface area contributed by atoms with Crippen molar-refractivity contribution in [3.8, 4) is 17.6 Å². The Morgan fingerprint density at radius 3 is 3.05 bits per heavy atom. The summed E-state index contributed by atoms with van der Waals surface area (Å²) in [5, 5.41) is 0. The third kappa shape index (κ3) is 4.29. The Kier molecular flexibility index (Phi) is 5.45. The van der Waals surface area contributed by atoms with Crippen LogP contribution in [0.4, 0.5) is 4.39 Å². The van der Waals surface area contributed by atoms with Crippen molar-refractivity contribution in [2.24, 2.45) is 0 Å².